The fourth-order valence-corrected chi connectivity index (χ4v) is 2.79. The van der Waals surface area contributed by atoms with E-state index in [-0.39, 0.29) is 11.9 Å². The van der Waals surface area contributed by atoms with Gasteiger partial charge in [-0.2, -0.15) is 0 Å². The van der Waals surface area contributed by atoms with Gasteiger partial charge in [0.1, 0.15) is 5.76 Å². The molecule has 1 amide bonds. The van der Waals surface area contributed by atoms with Gasteiger partial charge in [0, 0.05) is 19.0 Å². The highest BCUT2D eigenvalue weighted by Crippen LogP contribution is 2.17. The molecule has 0 aromatic carbocycles. The third kappa shape index (κ3) is 5.17. The van der Waals surface area contributed by atoms with Crippen LogP contribution < -0.4 is 10.6 Å². The summed E-state index contributed by atoms with van der Waals surface area (Å²) >= 11 is 0. The minimum Gasteiger partial charge on any atom is -0.468 e. The molecule has 21 heavy (non-hydrogen) atoms. The summed E-state index contributed by atoms with van der Waals surface area (Å²) in [7, 11) is 3.98. The first-order valence-electron chi connectivity index (χ1n) is 7.86. The van der Waals surface area contributed by atoms with Crippen molar-refractivity contribution in [3.8, 4) is 0 Å². The van der Waals surface area contributed by atoms with Crippen LogP contribution in [-0.4, -0.2) is 44.0 Å². The number of nitrogens with zero attached hydrogens (tertiary/aromatic N) is 1. The van der Waals surface area contributed by atoms with Gasteiger partial charge in [-0.1, -0.05) is 6.42 Å². The lowest BCUT2D eigenvalue weighted by Crippen LogP contribution is -2.37. The van der Waals surface area contributed by atoms with E-state index >= 15 is 0 Å². The van der Waals surface area contributed by atoms with E-state index < -0.39 is 0 Å². The molecule has 1 fully saturated rings. The molecule has 1 aromatic rings. The van der Waals surface area contributed by atoms with E-state index in [1.807, 2.05) is 26.2 Å². The van der Waals surface area contributed by atoms with Gasteiger partial charge in [0.2, 0.25) is 5.91 Å². The van der Waals surface area contributed by atoms with Crippen molar-refractivity contribution in [1.29, 1.82) is 0 Å². The maximum atomic E-state index is 12.0. The lowest BCUT2D eigenvalue weighted by Gasteiger charge is -2.24. The Hall–Kier alpha value is -1.33. The quantitative estimate of drug-likeness (QED) is 0.806. The first kappa shape index (κ1) is 16.0. The van der Waals surface area contributed by atoms with Crippen LogP contribution in [0.15, 0.2) is 22.8 Å². The number of nitrogens with one attached hydrogen (secondary N) is 2. The number of amides is 1. The molecule has 0 aliphatic carbocycles. The fourth-order valence-electron chi connectivity index (χ4n) is 2.79. The van der Waals surface area contributed by atoms with Crippen LogP contribution in [0.2, 0.25) is 0 Å². The van der Waals surface area contributed by atoms with Crippen molar-refractivity contribution in [2.75, 3.05) is 27.2 Å². The summed E-state index contributed by atoms with van der Waals surface area (Å²) in [4.78, 5) is 14.1. The Balaban J connectivity index is 1.71. The summed E-state index contributed by atoms with van der Waals surface area (Å²) in [5.74, 6) is 1.01. The average molecular weight is 293 g/mol. The Morgan fingerprint density at radius 1 is 1.52 bits per heavy atom. The molecular weight excluding hydrogens is 266 g/mol. The molecule has 5 heteroatoms. The summed E-state index contributed by atoms with van der Waals surface area (Å²) in [6, 6.07) is 4.42. The molecular formula is C16H27N3O2. The molecule has 0 saturated carbocycles. The number of likely N-dealkylation sites (N-methyl/N-ethyl adjacent to an activating group) is 1. The Morgan fingerprint density at radius 3 is 3.00 bits per heavy atom. The van der Waals surface area contributed by atoms with Gasteiger partial charge in [-0.05, 0) is 52.0 Å². The van der Waals surface area contributed by atoms with Crippen LogP contribution in [0.25, 0.3) is 0 Å². The minimum absolute atomic E-state index is 0.0803. The predicted molar refractivity (Wildman–Crippen MR) is 83.0 cm³/mol. The van der Waals surface area contributed by atoms with Crippen molar-refractivity contribution in [2.24, 2.45) is 0 Å². The second kappa shape index (κ2) is 8.20. The number of rotatable bonds is 7. The number of furan rings is 1. The largest absolute Gasteiger partial charge is 0.468 e. The third-order valence-corrected chi connectivity index (χ3v) is 4.12. The van der Waals surface area contributed by atoms with Gasteiger partial charge >= 0.3 is 0 Å². The van der Waals surface area contributed by atoms with Crippen molar-refractivity contribution in [3.05, 3.63) is 24.2 Å². The number of hydrogen-bond acceptors (Lipinski definition) is 4. The highest BCUT2D eigenvalue weighted by Gasteiger charge is 2.18. The van der Waals surface area contributed by atoms with Gasteiger partial charge in [-0.3, -0.25) is 9.69 Å². The SMILES string of the molecule is CN(C)C(CNC(=O)CCC1CCCCN1)c1ccco1. The number of piperidine rings is 1. The molecule has 118 valence electrons. The molecule has 1 aliphatic rings. The summed E-state index contributed by atoms with van der Waals surface area (Å²) in [6.45, 7) is 1.67. The van der Waals surface area contributed by atoms with Crippen LogP contribution in [0.1, 0.15) is 43.9 Å². The minimum atomic E-state index is 0.0803. The van der Waals surface area contributed by atoms with Crippen LogP contribution in [0, 0.1) is 0 Å². The first-order valence-corrected chi connectivity index (χ1v) is 7.86. The molecule has 1 aromatic heterocycles. The number of carbonyl (C=O) groups excluding carboxylic acids is 1. The highest BCUT2D eigenvalue weighted by molar-refractivity contribution is 5.75. The Kier molecular flexibility index (Phi) is 6.26. The average Bonchev–Trinajstić information content (AvgIpc) is 3.00. The predicted octanol–water partition coefficient (Wildman–Crippen LogP) is 1.92. The molecule has 2 unspecified atom stereocenters. The van der Waals surface area contributed by atoms with Crippen LogP contribution in [0.3, 0.4) is 0 Å². The fraction of sp³-hybridized carbons (Fsp3) is 0.688. The van der Waals surface area contributed by atoms with Crippen LogP contribution in [0.4, 0.5) is 0 Å². The lowest BCUT2D eigenvalue weighted by molar-refractivity contribution is -0.121. The molecule has 2 rings (SSSR count). The van der Waals surface area contributed by atoms with E-state index in [1.54, 1.807) is 6.26 Å². The topological polar surface area (TPSA) is 57.5 Å². The van der Waals surface area contributed by atoms with E-state index in [1.165, 1.54) is 19.3 Å². The summed E-state index contributed by atoms with van der Waals surface area (Å²) in [6.07, 6.45) is 6.93. The Morgan fingerprint density at radius 2 is 2.38 bits per heavy atom. The maximum Gasteiger partial charge on any atom is 0.220 e. The number of carbonyl (C=O) groups is 1. The van der Waals surface area contributed by atoms with Gasteiger partial charge in [-0.15, -0.1) is 0 Å². The smallest absolute Gasteiger partial charge is 0.220 e. The standard InChI is InChI=1S/C16H27N3O2/c1-19(2)14(15-7-5-11-21-15)12-18-16(20)9-8-13-6-3-4-10-17-13/h5,7,11,13-14,17H,3-4,6,8-10,12H2,1-2H3,(H,18,20). The third-order valence-electron chi connectivity index (χ3n) is 4.12. The van der Waals surface area contributed by atoms with Gasteiger partial charge < -0.3 is 15.1 Å². The zero-order chi connectivity index (χ0) is 15.1. The summed E-state index contributed by atoms with van der Waals surface area (Å²) in [5, 5.41) is 6.50. The molecule has 0 spiro atoms. The molecule has 5 nitrogen and oxygen atoms in total. The van der Waals surface area contributed by atoms with Crippen molar-refractivity contribution in [2.45, 2.75) is 44.2 Å². The van der Waals surface area contributed by atoms with E-state index in [9.17, 15) is 4.79 Å². The van der Waals surface area contributed by atoms with Crippen molar-refractivity contribution < 1.29 is 9.21 Å². The van der Waals surface area contributed by atoms with Crippen molar-refractivity contribution >= 4 is 5.91 Å². The van der Waals surface area contributed by atoms with Crippen molar-refractivity contribution in [1.82, 2.24) is 15.5 Å². The zero-order valence-corrected chi connectivity index (χ0v) is 13.1. The Bertz CT molecular complexity index is 411. The summed E-state index contributed by atoms with van der Waals surface area (Å²) < 4.78 is 5.44. The van der Waals surface area contributed by atoms with E-state index in [0.29, 0.717) is 19.0 Å². The second-order valence-electron chi connectivity index (χ2n) is 5.98. The van der Waals surface area contributed by atoms with Gasteiger partial charge in [0.15, 0.2) is 0 Å². The molecule has 2 heterocycles. The van der Waals surface area contributed by atoms with Crippen LogP contribution in [0.5, 0.6) is 0 Å². The lowest BCUT2D eigenvalue weighted by atomic mass is 10.0. The van der Waals surface area contributed by atoms with Gasteiger partial charge in [0.25, 0.3) is 0 Å². The maximum absolute atomic E-state index is 12.0. The Labute approximate surface area is 127 Å². The normalized spacial score (nSPS) is 20.4. The first-order chi connectivity index (χ1) is 10.2. The molecule has 2 atom stereocenters. The summed E-state index contributed by atoms with van der Waals surface area (Å²) in [5.41, 5.74) is 0. The molecule has 0 radical (unpaired) electrons. The molecule has 2 N–H and O–H groups in total. The van der Waals surface area contributed by atoms with Crippen LogP contribution in [-0.2, 0) is 4.79 Å². The zero-order valence-electron chi connectivity index (χ0n) is 13.1. The van der Waals surface area contributed by atoms with Crippen LogP contribution >= 0.6 is 0 Å². The van der Waals surface area contributed by atoms with E-state index in [4.69, 9.17) is 4.42 Å². The molecule has 0 bridgehead atoms. The van der Waals surface area contributed by atoms with Gasteiger partial charge in [0.05, 0.1) is 12.3 Å². The molecule has 1 aliphatic heterocycles. The molecule has 1 saturated heterocycles. The van der Waals surface area contributed by atoms with Crippen molar-refractivity contribution in [3.63, 3.8) is 0 Å². The highest BCUT2D eigenvalue weighted by atomic mass is 16.3. The monoisotopic (exact) mass is 293 g/mol. The van der Waals surface area contributed by atoms with E-state index in [0.717, 1.165) is 18.7 Å². The van der Waals surface area contributed by atoms with E-state index in [2.05, 4.69) is 15.5 Å². The second-order valence-corrected chi connectivity index (χ2v) is 5.98. The number of hydrogen-bond donors (Lipinski definition) is 2. The van der Waals surface area contributed by atoms with Gasteiger partial charge in [-0.25, -0.2) is 0 Å².